The summed E-state index contributed by atoms with van der Waals surface area (Å²) < 4.78 is 24.3. The first-order valence-electron chi connectivity index (χ1n) is 3.41. The van der Waals surface area contributed by atoms with E-state index in [-0.39, 0.29) is 5.56 Å². The van der Waals surface area contributed by atoms with E-state index in [2.05, 4.69) is 5.16 Å². The summed E-state index contributed by atoms with van der Waals surface area (Å²) >= 11 is 5.55. The van der Waals surface area contributed by atoms with Crippen LogP contribution in [0.4, 0.5) is 8.78 Å². The molecule has 13 heavy (non-hydrogen) atoms. The van der Waals surface area contributed by atoms with Gasteiger partial charge in [0.25, 0.3) is 6.43 Å². The highest BCUT2D eigenvalue weighted by Gasteiger charge is 2.15. The fraction of sp³-hybridized carbons (Fsp3) is 0.125. The minimum Gasteiger partial charge on any atom is -0.410 e. The number of benzene rings is 1. The number of hydrogen-bond donors (Lipinski definition) is 1. The first-order valence-corrected chi connectivity index (χ1v) is 3.79. The average molecular weight is 206 g/mol. The zero-order valence-electron chi connectivity index (χ0n) is 6.42. The Kier molecular flexibility index (Phi) is 3.19. The molecule has 1 aromatic rings. The molecule has 2 nitrogen and oxygen atoms in total. The second kappa shape index (κ2) is 4.18. The Bertz CT molecular complexity index is 310. The first kappa shape index (κ1) is 9.92. The lowest BCUT2D eigenvalue weighted by Gasteiger charge is -2.02. The molecule has 0 saturated carbocycles. The normalized spacial score (nSPS) is 12.2. The molecule has 0 amide bonds. The van der Waals surface area contributed by atoms with Gasteiger partial charge in [-0.1, -0.05) is 28.9 Å². The predicted octanol–water partition coefficient (Wildman–Crippen LogP) is 2.78. The summed E-state index contributed by atoms with van der Waals surface area (Å²) in [5, 5.41) is 11.2. The van der Waals surface area contributed by atoms with Crippen LogP contribution in [0.15, 0.2) is 29.4 Å². The molecule has 0 radical (unpaired) electrons. The van der Waals surface area contributed by atoms with Crippen LogP contribution in [0.25, 0.3) is 0 Å². The minimum atomic E-state index is -2.80. The summed E-state index contributed by atoms with van der Waals surface area (Å²) in [4.78, 5) is 0. The summed E-state index contributed by atoms with van der Waals surface area (Å²) in [6.07, 6.45) is -2.80. The molecule has 0 aliphatic heterocycles. The summed E-state index contributed by atoms with van der Waals surface area (Å²) in [6.45, 7) is 0. The van der Waals surface area contributed by atoms with Gasteiger partial charge in [-0.2, -0.15) is 0 Å². The Labute approximate surface area is 78.4 Å². The zero-order chi connectivity index (χ0) is 9.84. The van der Waals surface area contributed by atoms with E-state index in [0.717, 1.165) is 0 Å². The molecule has 0 bridgehead atoms. The van der Waals surface area contributed by atoms with Gasteiger partial charge < -0.3 is 5.21 Å². The number of halogens is 3. The van der Waals surface area contributed by atoms with Gasteiger partial charge in [0, 0.05) is 10.6 Å². The number of hydrogen-bond acceptors (Lipinski definition) is 2. The largest absolute Gasteiger partial charge is 0.410 e. The van der Waals surface area contributed by atoms with E-state index in [0.29, 0.717) is 5.02 Å². The standard InChI is InChI=1S/C8H6ClF2NO/c9-6-3-1-5(2-4-6)7(12-13)8(10)11/h1-4,8,13H. The van der Waals surface area contributed by atoms with Gasteiger partial charge in [0.2, 0.25) is 0 Å². The maximum atomic E-state index is 12.2. The van der Waals surface area contributed by atoms with Gasteiger partial charge in [-0.3, -0.25) is 0 Å². The highest BCUT2D eigenvalue weighted by molar-refractivity contribution is 6.30. The Balaban J connectivity index is 3.00. The Morgan fingerprint density at radius 2 is 1.85 bits per heavy atom. The van der Waals surface area contributed by atoms with Crippen molar-refractivity contribution in [2.45, 2.75) is 6.43 Å². The van der Waals surface area contributed by atoms with Crippen molar-refractivity contribution in [3.8, 4) is 0 Å². The molecule has 0 aliphatic rings. The van der Waals surface area contributed by atoms with Crippen molar-refractivity contribution in [3.05, 3.63) is 34.9 Å². The van der Waals surface area contributed by atoms with Crippen molar-refractivity contribution in [1.29, 1.82) is 0 Å². The van der Waals surface area contributed by atoms with Crippen molar-refractivity contribution in [3.63, 3.8) is 0 Å². The van der Waals surface area contributed by atoms with E-state index in [1.54, 1.807) is 0 Å². The van der Waals surface area contributed by atoms with Crippen LogP contribution in [0.3, 0.4) is 0 Å². The number of oxime groups is 1. The molecule has 0 spiro atoms. The van der Waals surface area contributed by atoms with Gasteiger partial charge >= 0.3 is 0 Å². The lowest BCUT2D eigenvalue weighted by Crippen LogP contribution is -2.11. The van der Waals surface area contributed by atoms with Crippen molar-refractivity contribution < 1.29 is 14.0 Å². The van der Waals surface area contributed by atoms with E-state index in [4.69, 9.17) is 16.8 Å². The Hall–Kier alpha value is -1.16. The molecular weight excluding hydrogens is 200 g/mol. The molecule has 0 heterocycles. The summed E-state index contributed by atoms with van der Waals surface area (Å²) in [7, 11) is 0. The molecule has 1 aromatic carbocycles. The van der Waals surface area contributed by atoms with Gasteiger partial charge in [-0.15, -0.1) is 0 Å². The van der Waals surface area contributed by atoms with Crippen molar-refractivity contribution in [2.75, 3.05) is 0 Å². The van der Waals surface area contributed by atoms with Crippen molar-refractivity contribution >= 4 is 17.3 Å². The van der Waals surface area contributed by atoms with Crippen molar-refractivity contribution in [1.82, 2.24) is 0 Å². The molecule has 0 aliphatic carbocycles. The lowest BCUT2D eigenvalue weighted by molar-refractivity contribution is 0.215. The monoisotopic (exact) mass is 205 g/mol. The van der Waals surface area contributed by atoms with E-state index in [9.17, 15) is 8.78 Å². The molecule has 5 heteroatoms. The third-order valence-corrected chi connectivity index (χ3v) is 1.71. The van der Waals surface area contributed by atoms with Crippen molar-refractivity contribution in [2.24, 2.45) is 5.16 Å². The topological polar surface area (TPSA) is 32.6 Å². The SMILES string of the molecule is ON=C(c1ccc(Cl)cc1)C(F)F. The van der Waals surface area contributed by atoms with Gasteiger partial charge in [-0.05, 0) is 12.1 Å². The summed E-state index contributed by atoms with van der Waals surface area (Å²) in [5.41, 5.74) is -0.501. The maximum Gasteiger partial charge on any atom is 0.284 e. The van der Waals surface area contributed by atoms with Crippen LogP contribution in [0.5, 0.6) is 0 Å². The highest BCUT2D eigenvalue weighted by atomic mass is 35.5. The molecule has 1 rings (SSSR count). The van der Waals surface area contributed by atoms with Crippen LogP contribution in [0, 0.1) is 0 Å². The average Bonchev–Trinajstić information content (AvgIpc) is 2.09. The Morgan fingerprint density at radius 3 is 2.23 bits per heavy atom. The minimum absolute atomic E-state index is 0.155. The molecule has 0 atom stereocenters. The number of nitrogens with zero attached hydrogens (tertiary/aromatic N) is 1. The van der Waals surface area contributed by atoms with Gasteiger partial charge in [0.1, 0.15) is 0 Å². The number of rotatable bonds is 2. The second-order valence-corrected chi connectivity index (χ2v) is 2.73. The van der Waals surface area contributed by atoms with E-state index in [1.165, 1.54) is 24.3 Å². The van der Waals surface area contributed by atoms with Gasteiger partial charge in [0.15, 0.2) is 5.71 Å². The second-order valence-electron chi connectivity index (χ2n) is 2.29. The van der Waals surface area contributed by atoms with E-state index >= 15 is 0 Å². The Morgan fingerprint density at radius 1 is 1.31 bits per heavy atom. The molecule has 1 N–H and O–H groups in total. The van der Waals surface area contributed by atoms with Crippen LogP contribution >= 0.6 is 11.6 Å². The van der Waals surface area contributed by atoms with E-state index < -0.39 is 12.1 Å². The molecule has 0 fully saturated rings. The van der Waals surface area contributed by atoms with Gasteiger partial charge in [0.05, 0.1) is 0 Å². The third kappa shape index (κ3) is 2.39. The van der Waals surface area contributed by atoms with Crippen LogP contribution in [-0.4, -0.2) is 17.3 Å². The number of alkyl halides is 2. The maximum absolute atomic E-state index is 12.2. The molecule has 0 unspecified atom stereocenters. The first-order chi connectivity index (χ1) is 6.15. The summed E-state index contributed by atoms with van der Waals surface area (Å²) in [5.74, 6) is 0. The van der Waals surface area contributed by atoms with E-state index in [1.807, 2.05) is 0 Å². The fourth-order valence-corrected chi connectivity index (χ4v) is 0.974. The summed E-state index contributed by atoms with van der Waals surface area (Å²) in [6, 6.07) is 5.63. The predicted molar refractivity (Wildman–Crippen MR) is 45.8 cm³/mol. The molecule has 70 valence electrons. The molecule has 0 saturated heterocycles. The van der Waals surface area contributed by atoms with Crippen LogP contribution in [0.2, 0.25) is 5.02 Å². The van der Waals surface area contributed by atoms with Crippen LogP contribution in [-0.2, 0) is 0 Å². The smallest absolute Gasteiger partial charge is 0.284 e. The zero-order valence-corrected chi connectivity index (χ0v) is 7.17. The third-order valence-electron chi connectivity index (χ3n) is 1.45. The molecule has 0 aromatic heterocycles. The van der Waals surface area contributed by atoms with Gasteiger partial charge in [-0.25, -0.2) is 8.78 Å². The fourth-order valence-electron chi connectivity index (χ4n) is 0.848. The van der Waals surface area contributed by atoms with Crippen LogP contribution in [0.1, 0.15) is 5.56 Å². The van der Waals surface area contributed by atoms with Crippen LogP contribution < -0.4 is 0 Å². The highest BCUT2D eigenvalue weighted by Crippen LogP contribution is 2.13. The quantitative estimate of drug-likeness (QED) is 0.450. The lowest BCUT2D eigenvalue weighted by atomic mass is 10.1. The molecular formula is C8H6ClF2NO.